The maximum Gasteiger partial charge on any atom is 0.00216 e. The Bertz CT molecular complexity index is 310. The molecule has 0 aromatic heterocycles. The van der Waals surface area contributed by atoms with E-state index in [0.717, 1.165) is 12.8 Å². The Balaban J connectivity index is 1.58. The van der Waals surface area contributed by atoms with Gasteiger partial charge in [-0.3, -0.25) is 0 Å². The van der Waals surface area contributed by atoms with E-state index in [0.29, 0.717) is 0 Å². The van der Waals surface area contributed by atoms with Crippen LogP contribution in [-0.2, 0) is 0 Å². The average molecular weight is 274 g/mol. The lowest BCUT2D eigenvalue weighted by molar-refractivity contribution is 0.344. The predicted octanol–water partition coefficient (Wildman–Crippen LogP) is 3.63. The Labute approximate surface area is 124 Å². The van der Waals surface area contributed by atoms with Gasteiger partial charge in [-0.1, -0.05) is 36.5 Å². The first-order valence-electron chi connectivity index (χ1n) is 8.22. The van der Waals surface area contributed by atoms with Gasteiger partial charge in [-0.05, 0) is 64.7 Å². The van der Waals surface area contributed by atoms with Gasteiger partial charge in [0.25, 0.3) is 0 Å². The fourth-order valence-electron chi connectivity index (χ4n) is 3.02. The van der Waals surface area contributed by atoms with Crippen LogP contribution in [-0.4, -0.2) is 49.1 Å². The number of likely N-dealkylation sites (tertiary alicyclic amines) is 2. The highest BCUT2D eigenvalue weighted by Gasteiger charge is 2.11. The van der Waals surface area contributed by atoms with E-state index in [1.807, 2.05) is 0 Å². The first kappa shape index (κ1) is 15.5. The molecule has 2 fully saturated rings. The number of rotatable bonds is 8. The van der Waals surface area contributed by atoms with Crippen molar-refractivity contribution in [2.24, 2.45) is 0 Å². The van der Waals surface area contributed by atoms with Crippen molar-refractivity contribution < 1.29 is 0 Å². The Hall–Kier alpha value is -0.860. The summed E-state index contributed by atoms with van der Waals surface area (Å²) in [6, 6.07) is 0. The molecule has 2 saturated heterocycles. The van der Waals surface area contributed by atoms with Gasteiger partial charge in [-0.25, -0.2) is 0 Å². The highest BCUT2D eigenvalue weighted by atomic mass is 15.1. The van der Waals surface area contributed by atoms with E-state index in [1.54, 1.807) is 0 Å². The molecule has 2 aliphatic rings. The van der Waals surface area contributed by atoms with Crippen molar-refractivity contribution >= 4 is 0 Å². The summed E-state index contributed by atoms with van der Waals surface area (Å²) >= 11 is 0. The van der Waals surface area contributed by atoms with Gasteiger partial charge in [0.05, 0.1) is 0 Å². The molecule has 0 atom stereocenters. The van der Waals surface area contributed by atoms with E-state index in [-0.39, 0.29) is 0 Å². The molecular weight excluding hydrogens is 244 g/mol. The van der Waals surface area contributed by atoms with Crippen molar-refractivity contribution in [2.75, 3.05) is 39.3 Å². The molecule has 2 aliphatic heterocycles. The SMILES string of the molecule is C=C(C=CC(=C)CCN1CCCC1)CCN1CCCC1. The highest BCUT2D eigenvalue weighted by Crippen LogP contribution is 2.13. The van der Waals surface area contributed by atoms with Gasteiger partial charge >= 0.3 is 0 Å². The Morgan fingerprint density at radius 2 is 1.05 bits per heavy atom. The topological polar surface area (TPSA) is 6.48 Å². The Morgan fingerprint density at radius 1 is 0.700 bits per heavy atom. The molecule has 0 unspecified atom stereocenters. The van der Waals surface area contributed by atoms with E-state index < -0.39 is 0 Å². The second kappa shape index (κ2) is 8.43. The van der Waals surface area contributed by atoms with Crippen LogP contribution in [0.1, 0.15) is 38.5 Å². The third-order valence-electron chi connectivity index (χ3n) is 4.45. The van der Waals surface area contributed by atoms with Crippen LogP contribution < -0.4 is 0 Å². The van der Waals surface area contributed by atoms with Crippen LogP contribution in [0.4, 0.5) is 0 Å². The molecule has 0 bridgehead atoms. The molecule has 0 saturated carbocycles. The van der Waals surface area contributed by atoms with Gasteiger partial charge in [0.2, 0.25) is 0 Å². The van der Waals surface area contributed by atoms with E-state index in [9.17, 15) is 0 Å². The molecule has 2 rings (SSSR count). The summed E-state index contributed by atoms with van der Waals surface area (Å²) < 4.78 is 0. The van der Waals surface area contributed by atoms with E-state index in [1.165, 1.54) is 76.1 Å². The number of hydrogen-bond acceptors (Lipinski definition) is 2. The Kier molecular flexibility index (Phi) is 6.55. The molecule has 0 aromatic carbocycles. The maximum atomic E-state index is 4.16. The zero-order valence-electron chi connectivity index (χ0n) is 12.9. The monoisotopic (exact) mass is 274 g/mol. The minimum Gasteiger partial charge on any atom is -0.303 e. The lowest BCUT2D eigenvalue weighted by Gasteiger charge is -2.14. The van der Waals surface area contributed by atoms with Crippen LogP contribution in [0.15, 0.2) is 36.5 Å². The van der Waals surface area contributed by atoms with Crippen LogP contribution in [0.25, 0.3) is 0 Å². The number of nitrogens with zero attached hydrogens (tertiary/aromatic N) is 2. The summed E-state index contributed by atoms with van der Waals surface area (Å²) in [6.45, 7) is 15.8. The fraction of sp³-hybridized carbons (Fsp3) is 0.667. The van der Waals surface area contributed by atoms with Crippen molar-refractivity contribution in [2.45, 2.75) is 38.5 Å². The second-order valence-corrected chi connectivity index (χ2v) is 6.25. The normalized spacial score (nSPS) is 21.0. The zero-order valence-corrected chi connectivity index (χ0v) is 12.9. The molecule has 2 nitrogen and oxygen atoms in total. The van der Waals surface area contributed by atoms with Gasteiger partial charge in [0.1, 0.15) is 0 Å². The third kappa shape index (κ3) is 5.64. The van der Waals surface area contributed by atoms with Crippen LogP contribution in [0, 0.1) is 0 Å². The number of hydrogen-bond donors (Lipinski definition) is 0. The molecule has 20 heavy (non-hydrogen) atoms. The quantitative estimate of drug-likeness (QED) is 0.624. The van der Waals surface area contributed by atoms with Crippen LogP contribution in [0.3, 0.4) is 0 Å². The average Bonchev–Trinajstić information content (AvgIpc) is 3.13. The minimum absolute atomic E-state index is 1.09. The standard InChI is InChI=1S/C18H30N2/c1-17(9-15-19-11-3-4-12-19)7-8-18(2)10-16-20-13-5-6-14-20/h7-8H,1-6,9-16H2. The zero-order chi connectivity index (χ0) is 14.2. The van der Waals surface area contributed by atoms with Crippen molar-refractivity contribution in [3.63, 3.8) is 0 Å². The lowest BCUT2D eigenvalue weighted by atomic mass is 10.1. The van der Waals surface area contributed by atoms with E-state index >= 15 is 0 Å². The van der Waals surface area contributed by atoms with Crippen LogP contribution in [0.5, 0.6) is 0 Å². The van der Waals surface area contributed by atoms with Gasteiger partial charge in [-0.15, -0.1) is 0 Å². The Morgan fingerprint density at radius 3 is 1.40 bits per heavy atom. The van der Waals surface area contributed by atoms with Gasteiger partial charge in [-0.2, -0.15) is 0 Å². The molecule has 0 aromatic rings. The van der Waals surface area contributed by atoms with E-state index in [4.69, 9.17) is 0 Å². The summed E-state index contributed by atoms with van der Waals surface area (Å²) in [7, 11) is 0. The largest absolute Gasteiger partial charge is 0.303 e. The summed E-state index contributed by atoms with van der Waals surface area (Å²) in [4.78, 5) is 5.09. The van der Waals surface area contributed by atoms with Gasteiger partial charge in [0, 0.05) is 13.1 Å². The van der Waals surface area contributed by atoms with Crippen molar-refractivity contribution in [3.05, 3.63) is 36.5 Å². The van der Waals surface area contributed by atoms with Crippen molar-refractivity contribution in [1.29, 1.82) is 0 Å². The predicted molar refractivity (Wildman–Crippen MR) is 88.0 cm³/mol. The molecule has 0 amide bonds. The minimum atomic E-state index is 1.09. The fourth-order valence-corrected chi connectivity index (χ4v) is 3.02. The second-order valence-electron chi connectivity index (χ2n) is 6.25. The number of allylic oxidation sites excluding steroid dienone is 2. The van der Waals surface area contributed by atoms with Gasteiger partial charge < -0.3 is 9.80 Å². The molecule has 0 aliphatic carbocycles. The third-order valence-corrected chi connectivity index (χ3v) is 4.45. The first-order valence-corrected chi connectivity index (χ1v) is 8.22. The summed E-state index contributed by atoms with van der Waals surface area (Å²) in [6.07, 6.45) is 12.0. The first-order chi connectivity index (χ1) is 9.74. The summed E-state index contributed by atoms with van der Waals surface area (Å²) in [5.74, 6) is 0. The van der Waals surface area contributed by atoms with Gasteiger partial charge in [0.15, 0.2) is 0 Å². The van der Waals surface area contributed by atoms with Crippen LogP contribution in [0.2, 0.25) is 0 Å². The van der Waals surface area contributed by atoms with E-state index in [2.05, 4.69) is 35.1 Å². The van der Waals surface area contributed by atoms with Crippen molar-refractivity contribution in [3.8, 4) is 0 Å². The molecule has 0 radical (unpaired) electrons. The molecular formula is C18H30N2. The molecule has 0 spiro atoms. The molecule has 0 N–H and O–H groups in total. The molecule has 2 heterocycles. The lowest BCUT2D eigenvalue weighted by Crippen LogP contribution is -2.20. The summed E-state index contributed by atoms with van der Waals surface area (Å²) in [5.41, 5.74) is 2.47. The summed E-state index contributed by atoms with van der Waals surface area (Å²) in [5, 5.41) is 0. The van der Waals surface area contributed by atoms with Crippen LogP contribution >= 0.6 is 0 Å². The molecule has 112 valence electrons. The van der Waals surface area contributed by atoms with Crippen molar-refractivity contribution in [1.82, 2.24) is 9.80 Å². The maximum absolute atomic E-state index is 4.16. The smallest absolute Gasteiger partial charge is 0.00216 e. The molecule has 2 heteroatoms. The highest BCUT2D eigenvalue weighted by molar-refractivity contribution is 5.24.